The van der Waals surface area contributed by atoms with Gasteiger partial charge in [0.05, 0.1) is 10.3 Å². The van der Waals surface area contributed by atoms with Crippen molar-refractivity contribution in [1.29, 1.82) is 0 Å². The molecule has 8 nitrogen and oxygen atoms in total. The molecule has 1 aromatic rings. The number of nitro benzene ring substituents is 1. The van der Waals surface area contributed by atoms with Crippen molar-refractivity contribution in [3.8, 4) is 0 Å². The Labute approximate surface area is 133 Å². The van der Waals surface area contributed by atoms with E-state index in [-0.39, 0.29) is 23.8 Å². The summed E-state index contributed by atoms with van der Waals surface area (Å²) in [6, 6.07) is 4.45. The van der Waals surface area contributed by atoms with Gasteiger partial charge in [0.15, 0.2) is 0 Å². The monoisotopic (exact) mass is 321 g/mol. The van der Waals surface area contributed by atoms with Crippen LogP contribution in [-0.2, 0) is 4.79 Å². The molecule has 8 heteroatoms. The Bertz CT molecular complexity index is 653. The number of rotatable bonds is 7. The van der Waals surface area contributed by atoms with Crippen molar-refractivity contribution in [3.63, 3.8) is 0 Å². The van der Waals surface area contributed by atoms with Crippen LogP contribution < -0.4 is 10.6 Å². The number of aliphatic carboxylic acids is 1. The van der Waals surface area contributed by atoms with Crippen molar-refractivity contribution in [3.05, 3.63) is 33.9 Å². The van der Waals surface area contributed by atoms with E-state index in [0.29, 0.717) is 5.69 Å². The summed E-state index contributed by atoms with van der Waals surface area (Å²) in [5, 5.41) is 25.7. The van der Waals surface area contributed by atoms with Gasteiger partial charge >= 0.3 is 5.97 Å². The predicted octanol–water partition coefficient (Wildman–Crippen LogP) is 2.01. The third-order valence-electron chi connectivity index (χ3n) is 3.66. The summed E-state index contributed by atoms with van der Waals surface area (Å²) in [7, 11) is 0. The molecule has 0 radical (unpaired) electrons. The number of anilines is 1. The van der Waals surface area contributed by atoms with Crippen molar-refractivity contribution >= 4 is 23.3 Å². The highest BCUT2D eigenvalue weighted by atomic mass is 16.6. The van der Waals surface area contributed by atoms with Crippen LogP contribution in [0.5, 0.6) is 0 Å². The highest BCUT2D eigenvalue weighted by Crippen LogP contribution is 2.31. The van der Waals surface area contributed by atoms with E-state index in [1.807, 2.05) is 0 Å². The van der Waals surface area contributed by atoms with E-state index >= 15 is 0 Å². The molecule has 1 aromatic carbocycles. The molecule has 0 aromatic heterocycles. The van der Waals surface area contributed by atoms with Crippen molar-refractivity contribution in [2.75, 3.05) is 11.9 Å². The number of carboxylic acid groups (broad SMARTS) is 1. The largest absolute Gasteiger partial charge is 0.481 e. The third-order valence-corrected chi connectivity index (χ3v) is 3.66. The van der Waals surface area contributed by atoms with E-state index in [1.54, 1.807) is 0 Å². The summed E-state index contributed by atoms with van der Waals surface area (Å²) in [6.07, 6.45) is 1.95. The minimum Gasteiger partial charge on any atom is -0.481 e. The molecule has 1 fully saturated rings. The molecule has 0 bridgehead atoms. The van der Waals surface area contributed by atoms with Crippen molar-refractivity contribution in [1.82, 2.24) is 5.32 Å². The fourth-order valence-corrected chi connectivity index (χ4v) is 1.87. The van der Waals surface area contributed by atoms with Crippen LogP contribution in [0.15, 0.2) is 18.2 Å². The van der Waals surface area contributed by atoms with E-state index in [2.05, 4.69) is 10.6 Å². The van der Waals surface area contributed by atoms with Gasteiger partial charge in [-0.1, -0.05) is 0 Å². The molecular weight excluding hydrogens is 302 g/mol. The average molecular weight is 321 g/mol. The van der Waals surface area contributed by atoms with Crippen LogP contribution in [0, 0.1) is 15.5 Å². The van der Waals surface area contributed by atoms with Crippen molar-refractivity contribution < 1.29 is 19.6 Å². The molecule has 0 atom stereocenters. The maximum atomic E-state index is 12.1. The number of benzene rings is 1. The molecule has 0 unspecified atom stereocenters. The van der Waals surface area contributed by atoms with E-state index in [9.17, 15) is 19.7 Å². The van der Waals surface area contributed by atoms with Gasteiger partial charge in [-0.15, -0.1) is 0 Å². The first-order valence-corrected chi connectivity index (χ1v) is 7.27. The highest BCUT2D eigenvalue weighted by molar-refractivity contribution is 5.96. The second-order valence-electron chi connectivity index (χ2n) is 6.28. The quantitative estimate of drug-likeness (QED) is 0.521. The minimum absolute atomic E-state index is 0.0724. The summed E-state index contributed by atoms with van der Waals surface area (Å²) < 4.78 is 0. The summed E-state index contributed by atoms with van der Waals surface area (Å²) in [4.78, 5) is 33.7. The van der Waals surface area contributed by atoms with Crippen LogP contribution in [0.4, 0.5) is 11.4 Å². The Kier molecular flexibility index (Phi) is 4.53. The SMILES string of the molecule is CC(C)(CNC(=O)c1ccc(NC2CC2)c([N+](=O)[O-])c1)C(=O)O. The van der Waals surface area contributed by atoms with Crippen LogP contribution in [0.3, 0.4) is 0 Å². The fourth-order valence-electron chi connectivity index (χ4n) is 1.87. The van der Waals surface area contributed by atoms with E-state index in [1.165, 1.54) is 32.0 Å². The number of carboxylic acids is 1. The molecule has 0 aliphatic heterocycles. The van der Waals surface area contributed by atoms with Crippen LogP contribution >= 0.6 is 0 Å². The Balaban J connectivity index is 2.12. The van der Waals surface area contributed by atoms with Crippen molar-refractivity contribution in [2.45, 2.75) is 32.7 Å². The van der Waals surface area contributed by atoms with Gasteiger partial charge in [0.1, 0.15) is 5.69 Å². The summed E-state index contributed by atoms with van der Waals surface area (Å²) in [5.74, 6) is -1.58. The molecule has 0 spiro atoms. The lowest BCUT2D eigenvalue weighted by Gasteiger charge is -2.19. The highest BCUT2D eigenvalue weighted by Gasteiger charge is 2.29. The topological polar surface area (TPSA) is 122 Å². The zero-order chi connectivity index (χ0) is 17.2. The molecular formula is C15H19N3O5. The van der Waals surface area contributed by atoms with E-state index in [4.69, 9.17) is 5.11 Å². The average Bonchev–Trinajstić information content (AvgIpc) is 3.28. The number of hydrogen-bond acceptors (Lipinski definition) is 5. The van der Waals surface area contributed by atoms with Gasteiger partial charge in [-0.2, -0.15) is 0 Å². The fraction of sp³-hybridized carbons (Fsp3) is 0.467. The summed E-state index contributed by atoms with van der Waals surface area (Å²) >= 11 is 0. The number of nitrogens with one attached hydrogen (secondary N) is 2. The van der Waals surface area contributed by atoms with Gasteiger partial charge in [0, 0.05) is 24.2 Å². The lowest BCUT2D eigenvalue weighted by Crippen LogP contribution is -2.38. The lowest BCUT2D eigenvalue weighted by atomic mass is 9.94. The maximum absolute atomic E-state index is 12.1. The lowest BCUT2D eigenvalue weighted by molar-refractivity contribution is -0.384. The van der Waals surface area contributed by atoms with Crippen LogP contribution in [0.1, 0.15) is 37.0 Å². The first-order valence-electron chi connectivity index (χ1n) is 7.27. The number of carbonyl (C=O) groups excluding carboxylic acids is 1. The van der Waals surface area contributed by atoms with Gasteiger partial charge in [0.25, 0.3) is 11.6 Å². The second kappa shape index (κ2) is 6.23. The molecule has 0 saturated heterocycles. The first-order chi connectivity index (χ1) is 10.7. The molecule has 2 rings (SSSR count). The number of hydrogen-bond donors (Lipinski definition) is 3. The van der Waals surface area contributed by atoms with Gasteiger partial charge < -0.3 is 15.7 Å². The molecule has 1 amide bonds. The Morgan fingerprint density at radius 1 is 1.39 bits per heavy atom. The molecule has 1 saturated carbocycles. The number of nitro groups is 1. The van der Waals surface area contributed by atoms with Crippen LogP contribution in [-0.4, -0.2) is 34.5 Å². The Morgan fingerprint density at radius 3 is 2.57 bits per heavy atom. The number of carbonyl (C=O) groups is 2. The number of nitrogens with zero attached hydrogens (tertiary/aromatic N) is 1. The molecule has 1 aliphatic carbocycles. The number of amides is 1. The van der Waals surface area contributed by atoms with Gasteiger partial charge in [-0.3, -0.25) is 19.7 Å². The second-order valence-corrected chi connectivity index (χ2v) is 6.28. The van der Waals surface area contributed by atoms with Gasteiger partial charge in [-0.05, 0) is 38.8 Å². The minimum atomic E-state index is -1.12. The Morgan fingerprint density at radius 2 is 2.04 bits per heavy atom. The van der Waals surface area contributed by atoms with Crippen LogP contribution in [0.2, 0.25) is 0 Å². The van der Waals surface area contributed by atoms with Crippen LogP contribution in [0.25, 0.3) is 0 Å². The van der Waals surface area contributed by atoms with Crippen molar-refractivity contribution in [2.24, 2.45) is 5.41 Å². The van der Waals surface area contributed by atoms with E-state index in [0.717, 1.165) is 12.8 Å². The molecule has 3 N–H and O–H groups in total. The Hall–Kier alpha value is -2.64. The first kappa shape index (κ1) is 16.7. The predicted molar refractivity (Wildman–Crippen MR) is 83.5 cm³/mol. The summed E-state index contributed by atoms with van der Waals surface area (Å²) in [6.45, 7) is 2.90. The zero-order valence-corrected chi connectivity index (χ0v) is 13.0. The molecule has 0 heterocycles. The molecule has 1 aliphatic rings. The standard InChI is InChI=1S/C15H19N3O5/c1-15(2,14(20)21)8-16-13(19)9-3-6-11(17-10-4-5-10)12(7-9)18(22)23/h3,6-7,10,17H,4-5,8H2,1-2H3,(H,16,19)(H,20,21). The third kappa shape index (κ3) is 4.18. The molecule has 124 valence electrons. The van der Waals surface area contributed by atoms with Gasteiger partial charge in [-0.25, -0.2) is 0 Å². The normalized spacial score (nSPS) is 14.2. The smallest absolute Gasteiger partial charge is 0.310 e. The summed E-state index contributed by atoms with van der Waals surface area (Å²) in [5.41, 5.74) is -0.768. The maximum Gasteiger partial charge on any atom is 0.310 e. The van der Waals surface area contributed by atoms with E-state index < -0.39 is 22.2 Å². The zero-order valence-electron chi connectivity index (χ0n) is 13.0. The molecule has 23 heavy (non-hydrogen) atoms. The van der Waals surface area contributed by atoms with Gasteiger partial charge in [0.2, 0.25) is 0 Å².